The van der Waals surface area contributed by atoms with Crippen LogP contribution in [-0.2, 0) is 16.1 Å². The van der Waals surface area contributed by atoms with E-state index in [9.17, 15) is 4.79 Å². The van der Waals surface area contributed by atoms with E-state index < -0.39 is 0 Å². The lowest BCUT2D eigenvalue weighted by atomic mass is 10.1. The predicted octanol–water partition coefficient (Wildman–Crippen LogP) is 1.30. The van der Waals surface area contributed by atoms with Gasteiger partial charge in [-0.2, -0.15) is 10.2 Å². The molecule has 0 radical (unpaired) electrons. The Balaban J connectivity index is 2.47. The summed E-state index contributed by atoms with van der Waals surface area (Å²) < 4.78 is 5.01. The fraction of sp³-hybridized carbons (Fsp3) is 0.583. The molecular formula is C12H19N3O2. The average molecular weight is 237 g/mol. The zero-order chi connectivity index (χ0) is 12.5. The molecule has 1 unspecified atom stereocenters. The number of aromatic nitrogens is 2. The van der Waals surface area contributed by atoms with Crippen molar-refractivity contribution in [3.05, 3.63) is 24.0 Å². The van der Waals surface area contributed by atoms with Crippen molar-refractivity contribution in [2.45, 2.75) is 39.3 Å². The van der Waals surface area contributed by atoms with Crippen molar-refractivity contribution in [2.24, 2.45) is 0 Å². The third-order valence-electron chi connectivity index (χ3n) is 2.31. The number of carbonyl (C=O) groups is 1. The second-order valence-corrected chi connectivity index (χ2v) is 3.69. The number of nitrogens with one attached hydrogen (secondary N) is 1. The van der Waals surface area contributed by atoms with E-state index in [1.165, 1.54) is 0 Å². The first kappa shape index (κ1) is 13.6. The lowest BCUT2D eigenvalue weighted by Gasteiger charge is -2.15. The van der Waals surface area contributed by atoms with Gasteiger partial charge >= 0.3 is 5.97 Å². The zero-order valence-corrected chi connectivity index (χ0v) is 10.3. The van der Waals surface area contributed by atoms with Gasteiger partial charge in [-0.25, -0.2) is 0 Å². The standard InChI is InChI=1S/C12H19N3O2/c1-3-6-11(12(16)17-4-2)13-9-10-7-5-8-14-15-10/h5,7-8,11,13H,3-4,6,9H2,1-2H3. The molecule has 0 saturated heterocycles. The normalized spacial score (nSPS) is 12.1. The van der Waals surface area contributed by atoms with E-state index in [1.807, 2.05) is 26.0 Å². The lowest BCUT2D eigenvalue weighted by molar-refractivity contribution is -0.145. The van der Waals surface area contributed by atoms with Crippen molar-refractivity contribution in [2.75, 3.05) is 6.61 Å². The topological polar surface area (TPSA) is 64.1 Å². The highest BCUT2D eigenvalue weighted by Crippen LogP contribution is 2.01. The molecule has 94 valence electrons. The summed E-state index contributed by atoms with van der Waals surface area (Å²) in [5.74, 6) is -0.196. The van der Waals surface area contributed by atoms with Crippen molar-refractivity contribution < 1.29 is 9.53 Å². The number of hydrogen-bond donors (Lipinski definition) is 1. The molecule has 0 bridgehead atoms. The van der Waals surface area contributed by atoms with Crippen LogP contribution in [0.3, 0.4) is 0 Å². The Morgan fingerprint density at radius 2 is 2.35 bits per heavy atom. The molecule has 0 spiro atoms. The molecule has 1 heterocycles. The van der Waals surface area contributed by atoms with Gasteiger partial charge in [-0.1, -0.05) is 13.3 Å². The highest BCUT2D eigenvalue weighted by Gasteiger charge is 2.17. The number of rotatable bonds is 7. The number of esters is 1. The summed E-state index contributed by atoms with van der Waals surface area (Å²) in [6, 6.07) is 3.43. The van der Waals surface area contributed by atoms with Gasteiger partial charge in [-0.15, -0.1) is 0 Å². The maximum atomic E-state index is 11.6. The molecule has 0 aliphatic rings. The molecular weight excluding hydrogens is 218 g/mol. The Hall–Kier alpha value is -1.49. The molecule has 1 N–H and O–H groups in total. The molecule has 0 aromatic carbocycles. The number of ether oxygens (including phenoxy) is 1. The summed E-state index contributed by atoms with van der Waals surface area (Å²) in [5.41, 5.74) is 0.818. The molecule has 17 heavy (non-hydrogen) atoms. The lowest BCUT2D eigenvalue weighted by Crippen LogP contribution is -2.37. The van der Waals surface area contributed by atoms with Gasteiger partial charge in [0, 0.05) is 12.7 Å². The highest BCUT2D eigenvalue weighted by molar-refractivity contribution is 5.75. The number of nitrogens with zero attached hydrogens (tertiary/aromatic N) is 2. The quantitative estimate of drug-likeness (QED) is 0.724. The van der Waals surface area contributed by atoms with E-state index in [0.29, 0.717) is 13.2 Å². The van der Waals surface area contributed by atoms with Crippen molar-refractivity contribution >= 4 is 5.97 Å². The molecule has 1 aromatic rings. The van der Waals surface area contributed by atoms with Crippen LogP contribution in [0.1, 0.15) is 32.4 Å². The van der Waals surface area contributed by atoms with Gasteiger partial charge in [0.25, 0.3) is 0 Å². The Morgan fingerprint density at radius 1 is 1.53 bits per heavy atom. The molecule has 0 amide bonds. The summed E-state index contributed by atoms with van der Waals surface area (Å²) in [7, 11) is 0. The summed E-state index contributed by atoms with van der Waals surface area (Å²) in [5, 5.41) is 10.9. The molecule has 1 atom stereocenters. The maximum absolute atomic E-state index is 11.6. The fourth-order valence-electron chi connectivity index (χ4n) is 1.49. The Bertz CT molecular complexity index is 330. The van der Waals surface area contributed by atoms with Gasteiger partial charge in [0.2, 0.25) is 0 Å². The monoisotopic (exact) mass is 237 g/mol. The van der Waals surface area contributed by atoms with Crippen LogP contribution in [0.4, 0.5) is 0 Å². The smallest absolute Gasteiger partial charge is 0.323 e. The SMILES string of the molecule is CCCC(NCc1cccnn1)C(=O)OCC. The molecule has 5 nitrogen and oxygen atoms in total. The summed E-state index contributed by atoms with van der Waals surface area (Å²) in [6.07, 6.45) is 3.31. The van der Waals surface area contributed by atoms with E-state index in [4.69, 9.17) is 4.74 Å². The minimum atomic E-state index is -0.262. The number of carbonyl (C=O) groups excluding carboxylic acids is 1. The van der Waals surface area contributed by atoms with E-state index in [0.717, 1.165) is 18.5 Å². The second kappa shape index (κ2) is 7.73. The molecule has 0 saturated carbocycles. The van der Waals surface area contributed by atoms with Gasteiger partial charge in [0.15, 0.2) is 0 Å². The Kier molecular flexibility index (Phi) is 6.17. The predicted molar refractivity (Wildman–Crippen MR) is 64.2 cm³/mol. The van der Waals surface area contributed by atoms with Crippen molar-refractivity contribution in [1.29, 1.82) is 0 Å². The van der Waals surface area contributed by atoms with Crippen LogP contribution in [0, 0.1) is 0 Å². The van der Waals surface area contributed by atoms with Crippen LogP contribution in [0.2, 0.25) is 0 Å². The van der Waals surface area contributed by atoms with E-state index in [1.54, 1.807) is 6.20 Å². The van der Waals surface area contributed by atoms with Crippen molar-refractivity contribution in [1.82, 2.24) is 15.5 Å². The van der Waals surface area contributed by atoms with Crippen LogP contribution in [-0.4, -0.2) is 28.8 Å². The molecule has 1 aromatic heterocycles. The molecule has 0 aliphatic heterocycles. The fourth-order valence-corrected chi connectivity index (χ4v) is 1.49. The second-order valence-electron chi connectivity index (χ2n) is 3.69. The third kappa shape index (κ3) is 4.91. The third-order valence-corrected chi connectivity index (χ3v) is 2.31. The first-order valence-corrected chi connectivity index (χ1v) is 5.94. The van der Waals surface area contributed by atoms with Crippen molar-refractivity contribution in [3.63, 3.8) is 0 Å². The molecule has 0 fully saturated rings. The Morgan fingerprint density at radius 3 is 2.94 bits per heavy atom. The first-order valence-electron chi connectivity index (χ1n) is 5.94. The van der Waals surface area contributed by atoms with Crippen LogP contribution in [0.25, 0.3) is 0 Å². The molecule has 5 heteroatoms. The van der Waals surface area contributed by atoms with E-state index >= 15 is 0 Å². The minimum absolute atomic E-state index is 0.196. The van der Waals surface area contributed by atoms with Gasteiger partial charge in [-0.05, 0) is 25.5 Å². The van der Waals surface area contributed by atoms with Gasteiger partial charge in [-0.3, -0.25) is 10.1 Å². The van der Waals surface area contributed by atoms with Crippen LogP contribution in [0.5, 0.6) is 0 Å². The Labute approximate surface area is 102 Å². The zero-order valence-electron chi connectivity index (χ0n) is 10.3. The minimum Gasteiger partial charge on any atom is -0.465 e. The van der Waals surface area contributed by atoms with Gasteiger partial charge in [0.05, 0.1) is 12.3 Å². The molecule has 1 rings (SSSR count). The van der Waals surface area contributed by atoms with Crippen LogP contribution < -0.4 is 5.32 Å². The summed E-state index contributed by atoms with van der Waals surface area (Å²) >= 11 is 0. The number of hydrogen-bond acceptors (Lipinski definition) is 5. The average Bonchev–Trinajstić information content (AvgIpc) is 2.36. The first-order chi connectivity index (χ1) is 8.27. The van der Waals surface area contributed by atoms with Crippen molar-refractivity contribution in [3.8, 4) is 0 Å². The maximum Gasteiger partial charge on any atom is 0.323 e. The summed E-state index contributed by atoms with van der Waals surface area (Å²) in [4.78, 5) is 11.6. The van der Waals surface area contributed by atoms with Gasteiger partial charge < -0.3 is 4.74 Å². The summed E-state index contributed by atoms with van der Waals surface area (Å²) in [6.45, 7) is 4.78. The van der Waals surface area contributed by atoms with Crippen LogP contribution >= 0.6 is 0 Å². The van der Waals surface area contributed by atoms with Crippen LogP contribution in [0.15, 0.2) is 18.3 Å². The van der Waals surface area contributed by atoms with Gasteiger partial charge in [0.1, 0.15) is 6.04 Å². The van der Waals surface area contributed by atoms with E-state index in [2.05, 4.69) is 15.5 Å². The molecule has 0 aliphatic carbocycles. The van der Waals surface area contributed by atoms with E-state index in [-0.39, 0.29) is 12.0 Å². The highest BCUT2D eigenvalue weighted by atomic mass is 16.5. The largest absolute Gasteiger partial charge is 0.465 e.